The molecule has 2 rings (SSSR count). The first-order valence-electron chi connectivity index (χ1n) is 5.53. The predicted molar refractivity (Wildman–Crippen MR) is 57.3 cm³/mol. The van der Waals surface area contributed by atoms with E-state index in [4.69, 9.17) is 4.42 Å². The quantitative estimate of drug-likeness (QED) is 0.827. The van der Waals surface area contributed by atoms with Crippen molar-refractivity contribution < 1.29 is 9.21 Å². The van der Waals surface area contributed by atoms with Crippen LogP contribution < -0.4 is 5.32 Å². The Morgan fingerprint density at radius 1 is 1.53 bits per heavy atom. The minimum Gasteiger partial charge on any atom is -0.464 e. The minimum absolute atomic E-state index is 0.0215. The van der Waals surface area contributed by atoms with Gasteiger partial charge in [-0.2, -0.15) is 0 Å². The number of carbonyl (C=O) groups is 1. The summed E-state index contributed by atoms with van der Waals surface area (Å²) in [6.45, 7) is 3.86. The minimum atomic E-state index is -0.0215. The van der Waals surface area contributed by atoms with E-state index in [2.05, 4.69) is 5.32 Å². The zero-order valence-corrected chi connectivity index (χ0v) is 9.25. The first-order chi connectivity index (χ1) is 7.16. The van der Waals surface area contributed by atoms with E-state index in [1.54, 1.807) is 0 Å². The molecule has 1 aromatic heterocycles. The second-order valence-electron chi connectivity index (χ2n) is 4.31. The highest BCUT2D eigenvalue weighted by Gasteiger charge is 2.26. The summed E-state index contributed by atoms with van der Waals surface area (Å²) in [6, 6.07) is 3.81. The molecule has 1 aliphatic rings. The van der Waals surface area contributed by atoms with Gasteiger partial charge in [0.2, 0.25) is 5.91 Å². The average Bonchev–Trinajstić information content (AvgIpc) is 2.48. The number of aryl methyl sites for hydroxylation is 1. The van der Waals surface area contributed by atoms with E-state index in [-0.39, 0.29) is 17.9 Å². The van der Waals surface area contributed by atoms with Crippen molar-refractivity contribution in [1.82, 2.24) is 5.32 Å². The van der Waals surface area contributed by atoms with Crippen LogP contribution in [0.5, 0.6) is 0 Å². The molecular weight excluding hydrogens is 190 g/mol. The maximum absolute atomic E-state index is 11.7. The Kier molecular flexibility index (Phi) is 2.80. The Labute approximate surface area is 89.9 Å². The molecule has 1 atom stereocenters. The van der Waals surface area contributed by atoms with Gasteiger partial charge in [0.25, 0.3) is 0 Å². The van der Waals surface area contributed by atoms with Crippen molar-refractivity contribution in [3.05, 3.63) is 23.7 Å². The Balaban J connectivity index is 1.91. The summed E-state index contributed by atoms with van der Waals surface area (Å²) >= 11 is 0. The van der Waals surface area contributed by atoms with Crippen LogP contribution in [0.1, 0.15) is 43.7 Å². The highest BCUT2D eigenvalue weighted by atomic mass is 16.3. The lowest BCUT2D eigenvalue weighted by Crippen LogP contribution is -2.35. The third kappa shape index (κ3) is 2.22. The first kappa shape index (κ1) is 10.3. The van der Waals surface area contributed by atoms with Gasteiger partial charge in [0, 0.05) is 5.92 Å². The fourth-order valence-corrected chi connectivity index (χ4v) is 1.76. The fourth-order valence-electron chi connectivity index (χ4n) is 1.76. The maximum atomic E-state index is 11.7. The maximum Gasteiger partial charge on any atom is 0.223 e. The molecule has 82 valence electrons. The zero-order valence-electron chi connectivity index (χ0n) is 9.25. The van der Waals surface area contributed by atoms with E-state index < -0.39 is 0 Å². The van der Waals surface area contributed by atoms with Gasteiger partial charge < -0.3 is 9.73 Å². The van der Waals surface area contributed by atoms with Gasteiger partial charge in [0.15, 0.2) is 0 Å². The standard InChI is InChI=1S/C12H17NO2/c1-8-6-7-11(15-8)9(2)13-12(14)10-4-3-5-10/h6-7,9-10H,3-5H2,1-2H3,(H,13,14). The number of nitrogens with one attached hydrogen (secondary N) is 1. The molecule has 1 fully saturated rings. The van der Waals surface area contributed by atoms with Crippen molar-refractivity contribution >= 4 is 5.91 Å². The summed E-state index contributed by atoms with van der Waals surface area (Å²) < 4.78 is 5.46. The van der Waals surface area contributed by atoms with Crippen LogP contribution in [0.25, 0.3) is 0 Å². The monoisotopic (exact) mass is 207 g/mol. The molecule has 0 aliphatic heterocycles. The van der Waals surface area contributed by atoms with E-state index >= 15 is 0 Å². The summed E-state index contributed by atoms with van der Waals surface area (Å²) in [7, 11) is 0. The van der Waals surface area contributed by atoms with Gasteiger partial charge in [-0.1, -0.05) is 6.42 Å². The third-order valence-corrected chi connectivity index (χ3v) is 3.02. The zero-order chi connectivity index (χ0) is 10.8. The van der Waals surface area contributed by atoms with Crippen molar-refractivity contribution in [1.29, 1.82) is 0 Å². The summed E-state index contributed by atoms with van der Waals surface area (Å²) in [5.74, 6) is 2.13. The summed E-state index contributed by atoms with van der Waals surface area (Å²) in [4.78, 5) is 11.7. The fraction of sp³-hybridized carbons (Fsp3) is 0.583. The smallest absolute Gasteiger partial charge is 0.223 e. The molecule has 3 heteroatoms. The van der Waals surface area contributed by atoms with Crippen LogP contribution in [0.4, 0.5) is 0 Å². The van der Waals surface area contributed by atoms with Crippen LogP contribution >= 0.6 is 0 Å². The van der Waals surface area contributed by atoms with Crippen molar-refractivity contribution in [2.75, 3.05) is 0 Å². The van der Waals surface area contributed by atoms with Crippen molar-refractivity contribution in [3.8, 4) is 0 Å². The van der Waals surface area contributed by atoms with E-state index in [1.807, 2.05) is 26.0 Å². The molecule has 1 unspecified atom stereocenters. The SMILES string of the molecule is Cc1ccc(C(C)NC(=O)C2CCC2)o1. The van der Waals surface area contributed by atoms with E-state index in [9.17, 15) is 4.79 Å². The van der Waals surface area contributed by atoms with Crippen LogP contribution in [-0.2, 0) is 4.79 Å². The van der Waals surface area contributed by atoms with Crippen LogP contribution in [-0.4, -0.2) is 5.91 Å². The molecule has 1 aromatic rings. The van der Waals surface area contributed by atoms with Gasteiger partial charge in [-0.3, -0.25) is 4.79 Å². The Bertz CT molecular complexity index is 352. The highest BCUT2D eigenvalue weighted by molar-refractivity contribution is 5.79. The van der Waals surface area contributed by atoms with Gasteiger partial charge in [-0.05, 0) is 38.8 Å². The molecule has 1 saturated carbocycles. The molecule has 0 aromatic carbocycles. The number of hydrogen-bond donors (Lipinski definition) is 1. The largest absolute Gasteiger partial charge is 0.464 e. The number of carbonyl (C=O) groups excluding carboxylic acids is 1. The van der Waals surface area contributed by atoms with E-state index in [1.165, 1.54) is 6.42 Å². The number of furan rings is 1. The predicted octanol–water partition coefficient (Wildman–Crippen LogP) is 2.57. The van der Waals surface area contributed by atoms with Gasteiger partial charge in [-0.15, -0.1) is 0 Å². The molecule has 0 saturated heterocycles. The second-order valence-corrected chi connectivity index (χ2v) is 4.31. The normalized spacial score (nSPS) is 18.3. The van der Waals surface area contributed by atoms with Gasteiger partial charge in [0.1, 0.15) is 11.5 Å². The lowest BCUT2D eigenvalue weighted by Gasteiger charge is -2.25. The highest BCUT2D eigenvalue weighted by Crippen LogP contribution is 2.27. The molecular formula is C12H17NO2. The first-order valence-corrected chi connectivity index (χ1v) is 5.53. The second kappa shape index (κ2) is 4.09. The summed E-state index contributed by atoms with van der Waals surface area (Å²) in [5, 5.41) is 2.98. The topological polar surface area (TPSA) is 42.2 Å². The van der Waals surface area contributed by atoms with Gasteiger partial charge in [-0.25, -0.2) is 0 Å². The van der Waals surface area contributed by atoms with Crippen LogP contribution in [0.3, 0.4) is 0 Å². The molecule has 0 radical (unpaired) electrons. The van der Waals surface area contributed by atoms with E-state index in [0.29, 0.717) is 0 Å². The van der Waals surface area contributed by atoms with Crippen LogP contribution in [0.2, 0.25) is 0 Å². The van der Waals surface area contributed by atoms with Crippen LogP contribution in [0.15, 0.2) is 16.5 Å². The molecule has 0 spiro atoms. The van der Waals surface area contributed by atoms with Crippen molar-refractivity contribution in [2.24, 2.45) is 5.92 Å². The Morgan fingerprint density at radius 2 is 2.27 bits per heavy atom. The summed E-state index contributed by atoms with van der Waals surface area (Å²) in [5.41, 5.74) is 0. The lowest BCUT2D eigenvalue weighted by atomic mass is 9.84. The van der Waals surface area contributed by atoms with Crippen molar-refractivity contribution in [2.45, 2.75) is 39.2 Å². The van der Waals surface area contributed by atoms with Gasteiger partial charge >= 0.3 is 0 Å². The van der Waals surface area contributed by atoms with Gasteiger partial charge in [0.05, 0.1) is 6.04 Å². The molecule has 3 nitrogen and oxygen atoms in total. The van der Waals surface area contributed by atoms with Crippen LogP contribution in [0, 0.1) is 12.8 Å². The number of hydrogen-bond acceptors (Lipinski definition) is 2. The van der Waals surface area contributed by atoms with Crippen molar-refractivity contribution in [3.63, 3.8) is 0 Å². The lowest BCUT2D eigenvalue weighted by molar-refractivity contribution is -0.128. The Morgan fingerprint density at radius 3 is 2.73 bits per heavy atom. The third-order valence-electron chi connectivity index (χ3n) is 3.02. The molecule has 1 aliphatic carbocycles. The molecule has 0 bridgehead atoms. The Hall–Kier alpha value is -1.25. The summed E-state index contributed by atoms with van der Waals surface area (Å²) in [6.07, 6.45) is 3.26. The number of rotatable bonds is 3. The number of amides is 1. The molecule has 1 amide bonds. The van der Waals surface area contributed by atoms with E-state index in [0.717, 1.165) is 24.4 Å². The average molecular weight is 207 g/mol. The molecule has 15 heavy (non-hydrogen) atoms. The molecule has 1 N–H and O–H groups in total. The molecule has 1 heterocycles.